The lowest BCUT2D eigenvalue weighted by Crippen LogP contribution is -2.27. The van der Waals surface area contributed by atoms with E-state index < -0.39 is 16.1 Å². The number of hydrogen-bond acceptors (Lipinski definition) is 12. The third kappa shape index (κ3) is 56.3. The largest absolute Gasteiger partial charge is 0.481 e. The molecule has 13 nitrogen and oxygen atoms in total. The third-order valence-electron chi connectivity index (χ3n) is 14.7. The van der Waals surface area contributed by atoms with Gasteiger partial charge in [-0.3, -0.25) is 13.8 Å². The highest BCUT2D eigenvalue weighted by molar-refractivity contribution is 7.85. The molecule has 0 amide bonds. The van der Waals surface area contributed by atoms with E-state index in [2.05, 4.69) is 31.9 Å². The van der Waals surface area contributed by atoms with Crippen molar-refractivity contribution in [3.63, 3.8) is 0 Å². The van der Waals surface area contributed by atoms with Gasteiger partial charge in [-0.1, -0.05) is 214 Å². The van der Waals surface area contributed by atoms with Gasteiger partial charge in [-0.05, 0) is 70.1 Å². The summed E-state index contributed by atoms with van der Waals surface area (Å²) in [6, 6.07) is 0. The molecule has 0 radical (unpaired) electrons. The van der Waals surface area contributed by atoms with E-state index in [4.69, 9.17) is 33.2 Å². The maximum Gasteiger partial charge on any atom is 0.306 e. The summed E-state index contributed by atoms with van der Waals surface area (Å²) in [7, 11) is -3.46. The molecule has 0 aromatic rings. The Morgan fingerprint density at radius 2 is 0.727 bits per heavy atom. The zero-order valence-electron chi connectivity index (χ0n) is 50.8. The first-order valence-electron chi connectivity index (χ1n) is 32.3. The second-order valence-corrected chi connectivity index (χ2v) is 23.8. The van der Waals surface area contributed by atoms with Crippen LogP contribution < -0.4 is 0 Å². The molecule has 0 aliphatic rings. The standard InChI is InChI=1S/C63H124O13S/c1-6-10-14-18-22-25-33-41-58(40-32-24-19-15-11-7-2)61(63(65)66)44-36-29-31-38-46-72-56-60(57-73-53-52-70-49-48-69-50-51-71-54-55-75-77(5,67)68)74-47-39-30-23-28-37-45-62(64)76-59(42-34-26-20-16-12-8-3)43-35-27-21-17-13-9-4/h58-61H,6-57H2,1-5H3,(H,65,66). The van der Waals surface area contributed by atoms with Crippen LogP contribution in [0.3, 0.4) is 0 Å². The van der Waals surface area contributed by atoms with Gasteiger partial charge in [0.1, 0.15) is 12.2 Å². The topological polar surface area (TPSA) is 162 Å². The van der Waals surface area contributed by atoms with E-state index in [0.29, 0.717) is 72.5 Å². The highest BCUT2D eigenvalue weighted by Gasteiger charge is 2.27. The molecule has 1 N–H and O–H groups in total. The highest BCUT2D eigenvalue weighted by atomic mass is 32.2. The van der Waals surface area contributed by atoms with Crippen LogP contribution in [-0.4, -0.2) is 123 Å². The number of esters is 1. The average molecular weight is 1120 g/mol. The molecule has 0 bridgehead atoms. The van der Waals surface area contributed by atoms with Gasteiger partial charge in [0, 0.05) is 19.6 Å². The first kappa shape index (κ1) is 75.6. The van der Waals surface area contributed by atoms with E-state index in [1.54, 1.807) is 0 Å². The normalized spacial score (nSPS) is 13.2. The Balaban J connectivity index is 4.88. The smallest absolute Gasteiger partial charge is 0.306 e. The second kappa shape index (κ2) is 59.2. The fraction of sp³-hybridized carbons (Fsp3) is 0.968. The number of carbonyl (C=O) groups is 2. The highest BCUT2D eigenvalue weighted by Crippen LogP contribution is 2.30. The van der Waals surface area contributed by atoms with Crippen molar-refractivity contribution >= 4 is 22.1 Å². The second-order valence-electron chi connectivity index (χ2n) is 22.1. The van der Waals surface area contributed by atoms with Gasteiger partial charge < -0.3 is 38.3 Å². The molecule has 0 saturated heterocycles. The van der Waals surface area contributed by atoms with E-state index >= 15 is 0 Å². The van der Waals surface area contributed by atoms with Gasteiger partial charge in [0.15, 0.2) is 0 Å². The fourth-order valence-corrected chi connectivity index (χ4v) is 10.4. The molecule has 0 saturated carbocycles. The van der Waals surface area contributed by atoms with Crippen LogP contribution in [0.25, 0.3) is 0 Å². The average Bonchev–Trinajstić information content (AvgIpc) is 3.40. The zero-order chi connectivity index (χ0) is 56.4. The number of aliphatic carboxylic acids is 1. The van der Waals surface area contributed by atoms with Gasteiger partial charge in [0.25, 0.3) is 10.1 Å². The number of carboxylic acid groups (broad SMARTS) is 1. The molecule has 3 unspecified atom stereocenters. The summed E-state index contributed by atoms with van der Waals surface area (Å²) in [6.07, 6.45) is 46.4. The molecule has 14 heteroatoms. The summed E-state index contributed by atoms with van der Waals surface area (Å²) >= 11 is 0. The Kier molecular flexibility index (Phi) is 58.2. The summed E-state index contributed by atoms with van der Waals surface area (Å²) in [4.78, 5) is 25.6. The Morgan fingerprint density at radius 1 is 0.377 bits per heavy atom. The minimum atomic E-state index is -3.46. The number of carbonyl (C=O) groups excluding carboxylic acids is 1. The van der Waals surface area contributed by atoms with Crippen molar-refractivity contribution in [3.8, 4) is 0 Å². The lowest BCUT2D eigenvalue weighted by atomic mass is 9.80. The van der Waals surface area contributed by atoms with Crippen molar-refractivity contribution in [3.05, 3.63) is 0 Å². The summed E-state index contributed by atoms with van der Waals surface area (Å²) in [6.45, 7) is 13.6. The first-order valence-corrected chi connectivity index (χ1v) is 34.2. The van der Waals surface area contributed by atoms with Crippen LogP contribution in [0.5, 0.6) is 0 Å². The minimum absolute atomic E-state index is 0.0168. The lowest BCUT2D eigenvalue weighted by molar-refractivity contribution is -0.150. The zero-order valence-corrected chi connectivity index (χ0v) is 51.6. The van der Waals surface area contributed by atoms with Gasteiger partial charge in [-0.15, -0.1) is 0 Å². The van der Waals surface area contributed by atoms with E-state index in [1.807, 2.05) is 0 Å². The molecule has 0 fully saturated rings. The first-order chi connectivity index (χ1) is 37.6. The Bertz CT molecular complexity index is 1320. The molecule has 0 aliphatic carbocycles. The van der Waals surface area contributed by atoms with Crippen LogP contribution in [-0.2, 0) is 57.0 Å². The molecule has 460 valence electrons. The number of unbranched alkanes of at least 4 members (excludes halogenated alkanes) is 28. The molecule has 77 heavy (non-hydrogen) atoms. The summed E-state index contributed by atoms with van der Waals surface area (Å²) < 4.78 is 67.7. The number of carboxylic acids is 1. The van der Waals surface area contributed by atoms with Crippen LogP contribution in [0, 0.1) is 11.8 Å². The Morgan fingerprint density at radius 3 is 1.17 bits per heavy atom. The fourth-order valence-electron chi connectivity index (χ4n) is 10.0. The van der Waals surface area contributed by atoms with Gasteiger partial charge >= 0.3 is 11.9 Å². The molecule has 0 aromatic carbocycles. The van der Waals surface area contributed by atoms with Crippen molar-refractivity contribution in [1.29, 1.82) is 0 Å². The predicted molar refractivity (Wildman–Crippen MR) is 317 cm³/mol. The van der Waals surface area contributed by atoms with Gasteiger partial charge in [-0.25, -0.2) is 0 Å². The third-order valence-corrected chi connectivity index (χ3v) is 15.3. The molecule has 0 aromatic heterocycles. The van der Waals surface area contributed by atoms with Crippen LogP contribution in [0.1, 0.15) is 285 Å². The van der Waals surface area contributed by atoms with Crippen molar-refractivity contribution in [2.45, 2.75) is 297 Å². The van der Waals surface area contributed by atoms with Crippen molar-refractivity contribution in [2.24, 2.45) is 11.8 Å². The number of hydrogen-bond donors (Lipinski definition) is 1. The SMILES string of the molecule is CCCCCCCCCC(CCCCCCCC)C(CCCCCCOCC(COCCOCCOCCOCCOS(C)(=O)=O)OCCCCCCCC(=O)OC(CCCCCCCC)CCCCCCCC)C(=O)O. The molecule has 0 aliphatic heterocycles. The maximum atomic E-state index is 12.9. The van der Waals surface area contributed by atoms with E-state index in [9.17, 15) is 23.1 Å². The number of ether oxygens (including phenoxy) is 7. The summed E-state index contributed by atoms with van der Waals surface area (Å²) in [5, 5.41) is 10.4. The Hall–Kier alpha value is -1.39. The molecule has 3 atom stereocenters. The summed E-state index contributed by atoms with van der Waals surface area (Å²) in [5.41, 5.74) is 0. The van der Waals surface area contributed by atoms with Crippen LogP contribution in [0.15, 0.2) is 0 Å². The van der Waals surface area contributed by atoms with E-state index in [-0.39, 0.29) is 43.2 Å². The molecule has 0 spiro atoms. The quantitative estimate of drug-likeness (QED) is 0.0348. The predicted octanol–water partition coefficient (Wildman–Crippen LogP) is 16.3. The molecule has 0 heterocycles. The maximum absolute atomic E-state index is 12.9. The van der Waals surface area contributed by atoms with Gasteiger partial charge in [0.2, 0.25) is 0 Å². The number of rotatable bonds is 65. The minimum Gasteiger partial charge on any atom is -0.481 e. The van der Waals surface area contributed by atoms with Crippen LogP contribution in [0.2, 0.25) is 0 Å². The van der Waals surface area contributed by atoms with E-state index in [1.165, 1.54) is 135 Å². The van der Waals surface area contributed by atoms with Crippen molar-refractivity contribution in [2.75, 3.05) is 85.5 Å². The van der Waals surface area contributed by atoms with Crippen molar-refractivity contribution < 1.29 is 60.5 Å². The summed E-state index contributed by atoms with van der Waals surface area (Å²) in [5.74, 6) is -0.589. The van der Waals surface area contributed by atoms with E-state index in [0.717, 1.165) is 122 Å². The van der Waals surface area contributed by atoms with Crippen molar-refractivity contribution in [1.82, 2.24) is 0 Å². The molecule has 0 rings (SSSR count). The lowest BCUT2D eigenvalue weighted by Gasteiger charge is -2.24. The van der Waals surface area contributed by atoms with Gasteiger partial charge in [0.05, 0.1) is 78.2 Å². The molecular formula is C63H124O13S. The monoisotopic (exact) mass is 1120 g/mol. The Labute approximate surface area is 474 Å². The van der Waals surface area contributed by atoms with Crippen LogP contribution in [0.4, 0.5) is 0 Å². The van der Waals surface area contributed by atoms with Gasteiger partial charge in [-0.2, -0.15) is 8.42 Å². The molecular weight excluding hydrogens is 997 g/mol. The van der Waals surface area contributed by atoms with Crippen LogP contribution >= 0.6 is 0 Å².